The number of anilines is 2. The molecule has 0 radical (unpaired) electrons. The van der Waals surface area contributed by atoms with Crippen LogP contribution in [-0.2, 0) is 6.42 Å². The maximum absolute atomic E-state index is 4.69. The van der Waals surface area contributed by atoms with E-state index in [1.54, 1.807) is 11.5 Å². The van der Waals surface area contributed by atoms with Gasteiger partial charge in [-0.2, -0.15) is 4.37 Å². The van der Waals surface area contributed by atoms with Gasteiger partial charge in [-0.15, -0.1) is 0 Å². The van der Waals surface area contributed by atoms with E-state index in [0.717, 1.165) is 38.4 Å². The average Bonchev–Trinajstić information content (AvgIpc) is 3.06. The summed E-state index contributed by atoms with van der Waals surface area (Å²) in [5.41, 5.74) is 2.74. The van der Waals surface area contributed by atoms with Crippen LogP contribution in [0.5, 0.6) is 0 Å². The monoisotopic (exact) mass is 323 g/mol. The van der Waals surface area contributed by atoms with Gasteiger partial charge >= 0.3 is 0 Å². The molecule has 118 valence electrons. The molecule has 0 spiro atoms. The van der Waals surface area contributed by atoms with Crippen molar-refractivity contribution in [1.82, 2.24) is 4.37 Å². The second kappa shape index (κ2) is 6.20. The molecule has 1 aliphatic heterocycles. The highest BCUT2D eigenvalue weighted by Gasteiger charge is 2.20. The third kappa shape index (κ3) is 2.79. The summed E-state index contributed by atoms with van der Waals surface area (Å²) in [5, 5.41) is 1.29. The van der Waals surface area contributed by atoms with E-state index in [4.69, 9.17) is 0 Å². The molecular weight excluding hydrogens is 302 g/mol. The minimum atomic E-state index is 1.03. The predicted molar refractivity (Wildman–Crippen MR) is 99.9 cm³/mol. The van der Waals surface area contributed by atoms with Crippen LogP contribution in [0, 0.1) is 0 Å². The molecule has 0 amide bonds. The Morgan fingerprint density at radius 1 is 0.913 bits per heavy atom. The number of benzene rings is 2. The molecule has 3 nitrogen and oxygen atoms in total. The Morgan fingerprint density at radius 3 is 2.35 bits per heavy atom. The summed E-state index contributed by atoms with van der Waals surface area (Å²) in [6, 6.07) is 17.5. The third-order valence-electron chi connectivity index (χ3n) is 4.65. The predicted octanol–water partition coefficient (Wildman–Crippen LogP) is 4.19. The smallest absolute Gasteiger partial charge is 0.150 e. The number of fused-ring (bicyclic) bond motifs is 1. The van der Waals surface area contributed by atoms with E-state index in [1.165, 1.54) is 21.3 Å². The average molecular weight is 323 g/mol. The molecule has 4 heteroatoms. The molecule has 0 aliphatic carbocycles. The summed E-state index contributed by atoms with van der Waals surface area (Å²) >= 11 is 1.60. The highest BCUT2D eigenvalue weighted by molar-refractivity contribution is 7.13. The van der Waals surface area contributed by atoms with Crippen molar-refractivity contribution < 1.29 is 0 Å². The van der Waals surface area contributed by atoms with Crippen LogP contribution in [0.1, 0.15) is 12.5 Å². The first-order chi connectivity index (χ1) is 11.3. The Kier molecular flexibility index (Phi) is 3.92. The van der Waals surface area contributed by atoms with Crippen molar-refractivity contribution in [3.8, 4) is 0 Å². The molecule has 1 saturated heterocycles. The van der Waals surface area contributed by atoms with E-state index in [2.05, 4.69) is 69.6 Å². The highest BCUT2D eigenvalue weighted by atomic mass is 32.1. The van der Waals surface area contributed by atoms with Crippen molar-refractivity contribution in [1.29, 1.82) is 0 Å². The van der Waals surface area contributed by atoms with E-state index < -0.39 is 0 Å². The second-order valence-electron chi connectivity index (χ2n) is 6.00. The van der Waals surface area contributed by atoms with Crippen molar-refractivity contribution in [2.45, 2.75) is 13.3 Å². The van der Waals surface area contributed by atoms with Gasteiger partial charge in [0.25, 0.3) is 0 Å². The van der Waals surface area contributed by atoms with Gasteiger partial charge in [-0.05, 0) is 47.8 Å². The van der Waals surface area contributed by atoms with E-state index in [0.29, 0.717) is 0 Å². The Balaban J connectivity index is 1.48. The molecule has 0 saturated carbocycles. The molecule has 23 heavy (non-hydrogen) atoms. The zero-order chi connectivity index (χ0) is 15.6. The van der Waals surface area contributed by atoms with E-state index >= 15 is 0 Å². The lowest BCUT2D eigenvalue weighted by atomic mass is 10.1. The van der Waals surface area contributed by atoms with Crippen LogP contribution in [0.2, 0.25) is 0 Å². The van der Waals surface area contributed by atoms with Gasteiger partial charge in [-0.3, -0.25) is 0 Å². The van der Waals surface area contributed by atoms with Gasteiger partial charge < -0.3 is 9.80 Å². The number of aromatic nitrogens is 1. The minimum absolute atomic E-state index is 1.03. The lowest BCUT2D eigenvalue weighted by Gasteiger charge is -2.36. The molecule has 1 fully saturated rings. The first-order valence-electron chi connectivity index (χ1n) is 8.28. The quantitative estimate of drug-likeness (QED) is 0.720. The molecule has 0 bridgehead atoms. The van der Waals surface area contributed by atoms with Crippen LogP contribution in [0.3, 0.4) is 0 Å². The Labute approximate surface area is 141 Å². The molecule has 1 aromatic heterocycles. The Morgan fingerprint density at radius 2 is 1.61 bits per heavy atom. The van der Waals surface area contributed by atoms with Crippen LogP contribution in [0.25, 0.3) is 10.1 Å². The normalized spacial score (nSPS) is 15.3. The summed E-state index contributed by atoms with van der Waals surface area (Å²) in [5.74, 6) is 1.16. The number of nitrogens with zero attached hydrogens (tertiary/aromatic N) is 3. The molecule has 1 aliphatic rings. The number of aryl methyl sites for hydroxylation is 1. The van der Waals surface area contributed by atoms with Crippen LogP contribution < -0.4 is 9.80 Å². The standard InChI is InChI=1S/C19H21N3S/c1-2-15-7-9-16(10-8-15)21-11-13-22(14-12-21)19-17-5-3-4-6-18(17)23-20-19/h3-10H,2,11-14H2,1H3. The SMILES string of the molecule is CCc1ccc(N2CCN(c3nsc4ccccc34)CC2)cc1. The number of hydrogen-bond acceptors (Lipinski definition) is 4. The first kappa shape index (κ1) is 14.5. The van der Waals surface area contributed by atoms with Crippen molar-refractivity contribution in [2.75, 3.05) is 36.0 Å². The zero-order valence-corrected chi connectivity index (χ0v) is 14.2. The van der Waals surface area contributed by atoms with E-state index in [-0.39, 0.29) is 0 Å². The zero-order valence-electron chi connectivity index (χ0n) is 13.4. The minimum Gasteiger partial charge on any atom is -0.368 e. The van der Waals surface area contributed by atoms with Crippen molar-refractivity contribution in [3.05, 3.63) is 54.1 Å². The molecule has 3 aromatic rings. The van der Waals surface area contributed by atoms with Crippen molar-refractivity contribution >= 4 is 33.1 Å². The van der Waals surface area contributed by atoms with E-state index in [9.17, 15) is 0 Å². The summed E-state index contributed by atoms with van der Waals surface area (Å²) in [7, 11) is 0. The summed E-state index contributed by atoms with van der Waals surface area (Å²) in [4.78, 5) is 4.90. The number of rotatable bonds is 3. The van der Waals surface area contributed by atoms with Crippen molar-refractivity contribution in [2.24, 2.45) is 0 Å². The number of hydrogen-bond donors (Lipinski definition) is 0. The molecular formula is C19H21N3S. The van der Waals surface area contributed by atoms with Crippen molar-refractivity contribution in [3.63, 3.8) is 0 Å². The maximum Gasteiger partial charge on any atom is 0.150 e. The van der Waals surface area contributed by atoms with Gasteiger partial charge in [0.1, 0.15) is 5.82 Å². The topological polar surface area (TPSA) is 19.4 Å². The fourth-order valence-corrected chi connectivity index (χ4v) is 4.02. The lowest BCUT2D eigenvalue weighted by molar-refractivity contribution is 0.651. The van der Waals surface area contributed by atoms with E-state index in [1.807, 2.05) is 0 Å². The molecule has 2 heterocycles. The summed E-state index contributed by atoms with van der Waals surface area (Å²) in [6.45, 7) is 6.37. The van der Waals surface area contributed by atoms with Gasteiger partial charge in [0.15, 0.2) is 0 Å². The lowest BCUT2D eigenvalue weighted by Crippen LogP contribution is -2.46. The first-order valence-corrected chi connectivity index (χ1v) is 9.06. The Hall–Kier alpha value is -2.07. The van der Waals surface area contributed by atoms with Gasteiger partial charge in [0.2, 0.25) is 0 Å². The van der Waals surface area contributed by atoms with Crippen LogP contribution in [0.15, 0.2) is 48.5 Å². The molecule has 0 atom stereocenters. The second-order valence-corrected chi connectivity index (χ2v) is 6.80. The fourth-order valence-electron chi connectivity index (χ4n) is 3.22. The van der Waals surface area contributed by atoms with Gasteiger partial charge in [0.05, 0.1) is 4.70 Å². The van der Waals surface area contributed by atoms with Crippen LogP contribution >= 0.6 is 11.5 Å². The number of piperazine rings is 1. The van der Waals surface area contributed by atoms with Crippen LogP contribution in [-0.4, -0.2) is 30.6 Å². The Bertz CT molecular complexity index is 786. The van der Waals surface area contributed by atoms with Crippen LogP contribution in [0.4, 0.5) is 11.5 Å². The fraction of sp³-hybridized carbons (Fsp3) is 0.316. The molecule has 2 aromatic carbocycles. The highest BCUT2D eigenvalue weighted by Crippen LogP contribution is 2.30. The molecule has 4 rings (SSSR count). The third-order valence-corrected chi connectivity index (χ3v) is 5.46. The molecule has 0 N–H and O–H groups in total. The summed E-state index contributed by atoms with van der Waals surface area (Å²) < 4.78 is 5.97. The summed E-state index contributed by atoms with van der Waals surface area (Å²) in [6.07, 6.45) is 1.10. The molecule has 0 unspecified atom stereocenters. The van der Waals surface area contributed by atoms with Gasteiger partial charge in [-0.25, -0.2) is 0 Å². The largest absolute Gasteiger partial charge is 0.368 e. The van der Waals surface area contributed by atoms with Gasteiger partial charge in [-0.1, -0.05) is 31.2 Å². The maximum atomic E-state index is 4.69. The van der Waals surface area contributed by atoms with Gasteiger partial charge in [0, 0.05) is 37.3 Å².